The topological polar surface area (TPSA) is 38.3 Å². The Balaban J connectivity index is 1.67. The lowest BCUT2D eigenvalue weighted by atomic mass is 9.85. The number of ether oxygens (including phenoxy) is 1. The predicted molar refractivity (Wildman–Crippen MR) is 72.3 cm³/mol. The molecule has 3 nitrogen and oxygen atoms in total. The maximum Gasteiger partial charge on any atom is 0.323 e. The zero-order valence-corrected chi connectivity index (χ0v) is 11.8. The van der Waals surface area contributed by atoms with Gasteiger partial charge in [0.2, 0.25) is 0 Å². The Morgan fingerprint density at radius 1 is 1.33 bits per heavy atom. The van der Waals surface area contributed by atoms with E-state index in [9.17, 15) is 4.79 Å². The summed E-state index contributed by atoms with van der Waals surface area (Å²) in [6, 6.07) is 0.545. The van der Waals surface area contributed by atoms with E-state index < -0.39 is 0 Å². The van der Waals surface area contributed by atoms with Gasteiger partial charge in [-0.15, -0.1) is 0 Å². The summed E-state index contributed by atoms with van der Waals surface area (Å²) in [7, 11) is 0. The largest absolute Gasteiger partial charge is 0.465 e. The van der Waals surface area contributed by atoms with Gasteiger partial charge in [-0.2, -0.15) is 0 Å². The zero-order chi connectivity index (χ0) is 13.0. The fourth-order valence-corrected chi connectivity index (χ4v) is 3.27. The van der Waals surface area contributed by atoms with Gasteiger partial charge in [-0.1, -0.05) is 26.7 Å². The van der Waals surface area contributed by atoms with Gasteiger partial charge < -0.3 is 10.1 Å². The van der Waals surface area contributed by atoms with Crippen LogP contribution in [-0.2, 0) is 9.53 Å². The number of rotatable bonds is 5. The quantitative estimate of drug-likeness (QED) is 0.605. The van der Waals surface area contributed by atoms with Crippen LogP contribution in [0.25, 0.3) is 0 Å². The summed E-state index contributed by atoms with van der Waals surface area (Å²) in [5.41, 5.74) is 0. The van der Waals surface area contributed by atoms with Crippen LogP contribution in [0.1, 0.15) is 58.8 Å². The lowest BCUT2D eigenvalue weighted by molar-refractivity contribution is -0.146. The fourth-order valence-electron chi connectivity index (χ4n) is 3.27. The van der Waals surface area contributed by atoms with E-state index in [0.29, 0.717) is 24.5 Å². The third kappa shape index (κ3) is 3.71. The summed E-state index contributed by atoms with van der Waals surface area (Å²) in [4.78, 5) is 11.9. The van der Waals surface area contributed by atoms with Gasteiger partial charge in [-0.25, -0.2) is 0 Å². The van der Waals surface area contributed by atoms with E-state index in [1.165, 1.54) is 25.7 Å². The predicted octanol–water partition coefficient (Wildman–Crippen LogP) is 2.89. The van der Waals surface area contributed by atoms with Crippen LogP contribution < -0.4 is 5.32 Å². The average Bonchev–Trinajstić information content (AvgIpc) is 2.78. The number of esters is 1. The van der Waals surface area contributed by atoms with E-state index in [4.69, 9.17) is 4.74 Å². The van der Waals surface area contributed by atoms with Gasteiger partial charge in [-0.3, -0.25) is 4.79 Å². The van der Waals surface area contributed by atoms with Gasteiger partial charge in [0.1, 0.15) is 6.04 Å². The van der Waals surface area contributed by atoms with E-state index in [1.807, 2.05) is 0 Å². The molecule has 104 valence electrons. The molecule has 3 unspecified atom stereocenters. The third-order valence-electron chi connectivity index (χ3n) is 4.32. The summed E-state index contributed by atoms with van der Waals surface area (Å²) >= 11 is 0. The second-order valence-electron chi connectivity index (χ2n) is 6.31. The molecule has 1 N–H and O–H groups in total. The van der Waals surface area contributed by atoms with Crippen LogP contribution in [0.5, 0.6) is 0 Å². The van der Waals surface area contributed by atoms with Gasteiger partial charge in [0.05, 0.1) is 6.61 Å². The molecule has 2 fully saturated rings. The maximum absolute atomic E-state index is 11.9. The molecule has 2 aliphatic rings. The van der Waals surface area contributed by atoms with Crippen molar-refractivity contribution < 1.29 is 9.53 Å². The first-order valence-electron chi connectivity index (χ1n) is 7.59. The second kappa shape index (κ2) is 6.55. The molecule has 0 aromatic carbocycles. The Morgan fingerprint density at radius 3 is 2.83 bits per heavy atom. The lowest BCUT2D eigenvalue weighted by Gasteiger charge is -2.24. The van der Waals surface area contributed by atoms with Crippen molar-refractivity contribution >= 4 is 5.97 Å². The van der Waals surface area contributed by atoms with Gasteiger partial charge in [0.15, 0.2) is 0 Å². The van der Waals surface area contributed by atoms with Gasteiger partial charge in [0.25, 0.3) is 0 Å². The standard InChI is InChI=1S/C15H27NO2/c1-11(2)6-5-9-18-15(17)14-10-12-7-3-4-8-13(12)16-14/h11-14,16H,3-10H2,1-2H3. The minimum atomic E-state index is -0.0304. The smallest absolute Gasteiger partial charge is 0.323 e. The van der Waals surface area contributed by atoms with Crippen molar-refractivity contribution in [1.29, 1.82) is 0 Å². The number of nitrogens with one attached hydrogen (secondary N) is 1. The average molecular weight is 253 g/mol. The summed E-state index contributed by atoms with van der Waals surface area (Å²) < 4.78 is 5.38. The molecule has 0 amide bonds. The molecule has 0 aromatic heterocycles. The van der Waals surface area contributed by atoms with Crippen molar-refractivity contribution in [3.63, 3.8) is 0 Å². The Morgan fingerprint density at radius 2 is 2.11 bits per heavy atom. The molecule has 1 heterocycles. The van der Waals surface area contributed by atoms with Gasteiger partial charge >= 0.3 is 5.97 Å². The Labute approximate surface area is 111 Å². The Bertz CT molecular complexity index is 264. The Hall–Kier alpha value is -0.570. The first kappa shape index (κ1) is 13.9. The van der Waals surface area contributed by atoms with Gasteiger partial charge in [0, 0.05) is 6.04 Å². The third-order valence-corrected chi connectivity index (χ3v) is 4.32. The molecule has 18 heavy (non-hydrogen) atoms. The molecule has 3 atom stereocenters. The normalized spacial score (nSPS) is 31.4. The van der Waals surface area contributed by atoms with Crippen molar-refractivity contribution in [2.45, 2.75) is 70.9 Å². The molecule has 1 saturated carbocycles. The van der Waals surface area contributed by atoms with Crippen molar-refractivity contribution in [3.05, 3.63) is 0 Å². The van der Waals surface area contributed by atoms with Crippen molar-refractivity contribution in [1.82, 2.24) is 5.32 Å². The van der Waals surface area contributed by atoms with E-state index in [-0.39, 0.29) is 12.0 Å². The second-order valence-corrected chi connectivity index (χ2v) is 6.31. The number of fused-ring (bicyclic) bond motifs is 1. The highest BCUT2D eigenvalue weighted by Gasteiger charge is 2.38. The number of hydrogen-bond donors (Lipinski definition) is 1. The Kier molecular flexibility index (Phi) is 5.04. The van der Waals surface area contributed by atoms with Gasteiger partial charge in [-0.05, 0) is 43.9 Å². The minimum Gasteiger partial charge on any atom is -0.465 e. The van der Waals surface area contributed by atoms with E-state index in [1.54, 1.807) is 0 Å². The highest BCUT2D eigenvalue weighted by atomic mass is 16.5. The van der Waals surface area contributed by atoms with Crippen LogP contribution in [0.3, 0.4) is 0 Å². The molecule has 1 saturated heterocycles. The van der Waals surface area contributed by atoms with Crippen LogP contribution >= 0.6 is 0 Å². The highest BCUT2D eigenvalue weighted by molar-refractivity contribution is 5.76. The fraction of sp³-hybridized carbons (Fsp3) is 0.933. The zero-order valence-electron chi connectivity index (χ0n) is 11.8. The van der Waals surface area contributed by atoms with Crippen molar-refractivity contribution in [2.75, 3.05) is 6.61 Å². The molecular formula is C15H27NO2. The molecular weight excluding hydrogens is 226 g/mol. The van der Waals surface area contributed by atoms with E-state index in [0.717, 1.165) is 19.3 Å². The van der Waals surface area contributed by atoms with Crippen molar-refractivity contribution in [2.24, 2.45) is 11.8 Å². The molecule has 2 rings (SSSR count). The first-order chi connectivity index (χ1) is 8.66. The molecule has 0 spiro atoms. The molecule has 0 bridgehead atoms. The maximum atomic E-state index is 11.9. The minimum absolute atomic E-state index is 0.0202. The molecule has 3 heteroatoms. The number of carbonyl (C=O) groups is 1. The molecule has 1 aliphatic heterocycles. The van der Waals surface area contributed by atoms with Crippen LogP contribution in [0, 0.1) is 11.8 Å². The summed E-state index contributed by atoms with van der Waals surface area (Å²) in [6.07, 6.45) is 8.28. The first-order valence-corrected chi connectivity index (χ1v) is 7.59. The van der Waals surface area contributed by atoms with E-state index >= 15 is 0 Å². The lowest BCUT2D eigenvalue weighted by Crippen LogP contribution is -2.38. The number of hydrogen-bond acceptors (Lipinski definition) is 3. The van der Waals surface area contributed by atoms with Crippen LogP contribution in [-0.4, -0.2) is 24.7 Å². The SMILES string of the molecule is CC(C)CCCOC(=O)C1CC2CCCCC2N1. The van der Waals surface area contributed by atoms with Crippen LogP contribution in [0.15, 0.2) is 0 Å². The summed E-state index contributed by atoms with van der Waals surface area (Å²) in [5, 5.41) is 3.47. The van der Waals surface area contributed by atoms with E-state index in [2.05, 4.69) is 19.2 Å². The summed E-state index contributed by atoms with van der Waals surface area (Å²) in [5.74, 6) is 1.39. The van der Waals surface area contributed by atoms with Crippen LogP contribution in [0.4, 0.5) is 0 Å². The van der Waals surface area contributed by atoms with Crippen LogP contribution in [0.2, 0.25) is 0 Å². The highest BCUT2D eigenvalue weighted by Crippen LogP contribution is 2.33. The molecule has 0 aromatic rings. The molecule has 0 radical (unpaired) electrons. The monoisotopic (exact) mass is 253 g/mol. The molecule has 1 aliphatic carbocycles. The number of carbonyl (C=O) groups excluding carboxylic acids is 1. The van der Waals surface area contributed by atoms with Crippen molar-refractivity contribution in [3.8, 4) is 0 Å². The summed E-state index contributed by atoms with van der Waals surface area (Å²) in [6.45, 7) is 4.99.